The molecule has 2 heterocycles. The van der Waals surface area contributed by atoms with Crippen LogP contribution >= 0.6 is 0 Å². The van der Waals surface area contributed by atoms with Crippen LogP contribution in [0.5, 0.6) is 5.75 Å². The minimum absolute atomic E-state index is 0.0331. The van der Waals surface area contributed by atoms with Crippen LogP contribution in [0.25, 0.3) is 5.69 Å². The number of aromatic nitrogens is 1. The standard InChI is InChI=1S/C21H23F2N3O4/c1-11(2)18-19(28)25(21(29)24-18)10-17(27)16-9-12(3)26(13(16)4)14-5-7-15(8-6-14)30-20(22)23/h5-9,11,18,20H,10H2,1-4H3,(H,24,29). The average molecular weight is 419 g/mol. The van der Waals surface area contributed by atoms with Crippen molar-refractivity contribution in [2.45, 2.75) is 40.3 Å². The maximum atomic E-state index is 12.9. The summed E-state index contributed by atoms with van der Waals surface area (Å²) in [7, 11) is 0. The number of rotatable bonds is 7. The second-order valence-electron chi connectivity index (χ2n) is 7.51. The van der Waals surface area contributed by atoms with E-state index >= 15 is 0 Å². The Balaban J connectivity index is 1.82. The summed E-state index contributed by atoms with van der Waals surface area (Å²) in [6.07, 6.45) is 0. The number of hydrogen-bond acceptors (Lipinski definition) is 4. The van der Waals surface area contributed by atoms with Crippen LogP contribution in [0.1, 0.15) is 35.6 Å². The first-order valence-electron chi connectivity index (χ1n) is 9.49. The van der Waals surface area contributed by atoms with Gasteiger partial charge in [0.25, 0.3) is 5.91 Å². The number of urea groups is 1. The third-order valence-electron chi connectivity index (χ3n) is 5.08. The van der Waals surface area contributed by atoms with E-state index in [-0.39, 0.29) is 24.0 Å². The summed E-state index contributed by atoms with van der Waals surface area (Å²) >= 11 is 0. The molecule has 1 saturated heterocycles. The van der Waals surface area contributed by atoms with Gasteiger partial charge in [0.15, 0.2) is 5.78 Å². The van der Waals surface area contributed by atoms with Gasteiger partial charge in [-0.1, -0.05) is 13.8 Å². The summed E-state index contributed by atoms with van der Waals surface area (Å²) < 4.78 is 30.8. The number of hydrogen-bond donors (Lipinski definition) is 1. The van der Waals surface area contributed by atoms with Crippen molar-refractivity contribution in [3.05, 3.63) is 47.3 Å². The van der Waals surface area contributed by atoms with Crippen molar-refractivity contribution >= 4 is 17.7 Å². The molecule has 3 amide bonds. The summed E-state index contributed by atoms with van der Waals surface area (Å²) in [6.45, 7) is 3.93. The number of imide groups is 1. The first-order valence-corrected chi connectivity index (χ1v) is 9.49. The molecule has 30 heavy (non-hydrogen) atoms. The lowest BCUT2D eigenvalue weighted by molar-refractivity contribution is -0.128. The molecule has 7 nitrogen and oxygen atoms in total. The first-order chi connectivity index (χ1) is 14.1. The minimum atomic E-state index is -2.91. The molecule has 1 atom stereocenters. The van der Waals surface area contributed by atoms with Crippen molar-refractivity contribution in [3.8, 4) is 11.4 Å². The van der Waals surface area contributed by atoms with Crippen LogP contribution < -0.4 is 10.1 Å². The molecule has 0 aliphatic carbocycles. The number of halogens is 2. The van der Waals surface area contributed by atoms with E-state index in [2.05, 4.69) is 10.1 Å². The number of alkyl halides is 2. The van der Waals surface area contributed by atoms with Crippen LogP contribution in [-0.4, -0.2) is 46.4 Å². The summed E-state index contributed by atoms with van der Waals surface area (Å²) in [5.74, 6) is -0.818. The van der Waals surface area contributed by atoms with Gasteiger partial charge in [0.1, 0.15) is 11.8 Å². The zero-order valence-electron chi connectivity index (χ0n) is 17.1. The maximum Gasteiger partial charge on any atom is 0.387 e. The van der Waals surface area contributed by atoms with E-state index in [0.29, 0.717) is 16.9 Å². The number of nitrogens with zero attached hydrogens (tertiary/aromatic N) is 2. The van der Waals surface area contributed by atoms with Crippen LogP contribution in [0.4, 0.5) is 13.6 Å². The van der Waals surface area contributed by atoms with E-state index in [4.69, 9.17) is 0 Å². The quantitative estimate of drug-likeness (QED) is 0.551. The normalized spacial score (nSPS) is 16.5. The molecule has 1 N–H and O–H groups in total. The van der Waals surface area contributed by atoms with E-state index in [9.17, 15) is 23.2 Å². The Morgan fingerprint density at radius 1 is 1.17 bits per heavy atom. The summed E-state index contributed by atoms with van der Waals surface area (Å²) in [5, 5.41) is 2.60. The first kappa shape index (κ1) is 21.5. The molecular formula is C21H23F2N3O4. The molecule has 9 heteroatoms. The summed E-state index contributed by atoms with van der Waals surface area (Å²) in [6, 6.07) is 6.53. The number of Topliss-reactive ketones (excluding diaryl/α,β-unsaturated/α-hetero) is 1. The highest BCUT2D eigenvalue weighted by Gasteiger charge is 2.40. The van der Waals surface area contributed by atoms with E-state index in [0.717, 1.165) is 10.6 Å². The summed E-state index contributed by atoms with van der Waals surface area (Å²) in [4.78, 5) is 38.4. The van der Waals surface area contributed by atoms with E-state index < -0.39 is 24.6 Å². The lowest BCUT2D eigenvalue weighted by atomic mass is 10.0. The molecule has 0 radical (unpaired) electrons. The van der Waals surface area contributed by atoms with Crippen molar-refractivity contribution in [2.24, 2.45) is 5.92 Å². The zero-order chi connectivity index (χ0) is 22.2. The van der Waals surface area contributed by atoms with Gasteiger partial charge in [-0.2, -0.15) is 8.78 Å². The SMILES string of the molecule is Cc1cc(C(=O)CN2C(=O)NC(C(C)C)C2=O)c(C)n1-c1ccc(OC(F)F)cc1. The Morgan fingerprint density at radius 3 is 2.33 bits per heavy atom. The minimum Gasteiger partial charge on any atom is -0.435 e. The van der Waals surface area contributed by atoms with E-state index in [1.807, 2.05) is 13.8 Å². The lowest BCUT2D eigenvalue weighted by Crippen LogP contribution is -2.37. The molecule has 3 rings (SSSR count). The van der Waals surface area contributed by atoms with Crippen LogP contribution in [-0.2, 0) is 4.79 Å². The van der Waals surface area contributed by atoms with Gasteiger partial charge < -0.3 is 14.6 Å². The number of nitrogens with one attached hydrogen (secondary N) is 1. The largest absolute Gasteiger partial charge is 0.435 e. The maximum absolute atomic E-state index is 12.9. The number of ether oxygens (including phenoxy) is 1. The highest BCUT2D eigenvalue weighted by Crippen LogP contribution is 2.24. The van der Waals surface area contributed by atoms with Crippen molar-refractivity contribution in [3.63, 3.8) is 0 Å². The molecule has 0 spiro atoms. The van der Waals surface area contributed by atoms with Crippen LogP contribution in [0.2, 0.25) is 0 Å². The Morgan fingerprint density at radius 2 is 1.80 bits per heavy atom. The highest BCUT2D eigenvalue weighted by molar-refractivity contribution is 6.09. The van der Waals surface area contributed by atoms with Crippen molar-refractivity contribution in [2.75, 3.05) is 6.54 Å². The van der Waals surface area contributed by atoms with Crippen molar-refractivity contribution in [1.29, 1.82) is 0 Å². The number of carbonyl (C=O) groups is 3. The fourth-order valence-electron chi connectivity index (χ4n) is 3.59. The van der Waals surface area contributed by atoms with E-state index in [1.165, 1.54) is 12.1 Å². The van der Waals surface area contributed by atoms with Crippen LogP contribution in [0.3, 0.4) is 0 Å². The predicted molar refractivity (Wildman–Crippen MR) is 105 cm³/mol. The van der Waals surface area contributed by atoms with Gasteiger partial charge in [-0.3, -0.25) is 14.5 Å². The second kappa shape index (κ2) is 8.25. The van der Waals surface area contributed by atoms with Crippen molar-refractivity contribution < 1.29 is 27.9 Å². The molecule has 1 fully saturated rings. The van der Waals surface area contributed by atoms with Gasteiger partial charge in [-0.25, -0.2) is 4.79 Å². The topological polar surface area (TPSA) is 80.6 Å². The Hall–Kier alpha value is -3.23. The number of aryl methyl sites for hydroxylation is 1. The highest BCUT2D eigenvalue weighted by atomic mass is 19.3. The molecule has 1 aromatic heterocycles. The van der Waals surface area contributed by atoms with Crippen molar-refractivity contribution in [1.82, 2.24) is 14.8 Å². The molecule has 0 bridgehead atoms. The Labute approximate surface area is 172 Å². The van der Waals surface area contributed by atoms with Gasteiger partial charge in [-0.15, -0.1) is 0 Å². The smallest absolute Gasteiger partial charge is 0.387 e. The fraction of sp³-hybridized carbons (Fsp3) is 0.381. The zero-order valence-corrected chi connectivity index (χ0v) is 17.1. The average Bonchev–Trinajstić information content (AvgIpc) is 3.12. The molecule has 2 aromatic rings. The molecular weight excluding hydrogens is 396 g/mol. The molecule has 0 saturated carbocycles. The number of benzene rings is 1. The molecule has 1 aromatic carbocycles. The van der Waals surface area contributed by atoms with Gasteiger partial charge in [0.2, 0.25) is 0 Å². The fourth-order valence-corrected chi connectivity index (χ4v) is 3.59. The second-order valence-corrected chi connectivity index (χ2v) is 7.51. The van der Waals surface area contributed by atoms with Gasteiger partial charge in [0.05, 0.1) is 6.54 Å². The Bertz CT molecular complexity index is 983. The third-order valence-corrected chi connectivity index (χ3v) is 5.08. The van der Waals surface area contributed by atoms with Gasteiger partial charge in [-0.05, 0) is 50.1 Å². The lowest BCUT2D eigenvalue weighted by Gasteiger charge is -2.14. The third kappa shape index (κ3) is 4.05. The monoisotopic (exact) mass is 419 g/mol. The van der Waals surface area contributed by atoms with Crippen LogP contribution in [0, 0.1) is 19.8 Å². The number of ketones is 1. The molecule has 160 valence electrons. The van der Waals surface area contributed by atoms with Crippen LogP contribution in [0.15, 0.2) is 30.3 Å². The van der Waals surface area contributed by atoms with Gasteiger partial charge in [0, 0.05) is 22.6 Å². The predicted octanol–water partition coefficient (Wildman–Crippen LogP) is 3.45. The number of carbonyl (C=O) groups excluding carboxylic acids is 3. The summed E-state index contributed by atoms with van der Waals surface area (Å²) in [5.41, 5.74) is 2.41. The molecule has 1 aliphatic heterocycles. The van der Waals surface area contributed by atoms with E-state index in [1.54, 1.807) is 36.6 Å². The molecule has 1 aliphatic rings. The molecule has 1 unspecified atom stereocenters. The van der Waals surface area contributed by atoms with Gasteiger partial charge >= 0.3 is 12.6 Å². The Kier molecular flexibility index (Phi) is 5.91. The number of amides is 3.